The predicted molar refractivity (Wildman–Crippen MR) is 87.6 cm³/mol. The van der Waals surface area contributed by atoms with Gasteiger partial charge in [0.15, 0.2) is 0 Å². The standard InChI is InChI=1S/C18H21ClFN/c1-3-21-12-15(16-9-5-4-7-13(16)2)11-14-8-6-10-17(19)18(14)20/h4-10,15,21H,3,11-12H2,1-2H3. The van der Waals surface area contributed by atoms with Gasteiger partial charge in [0.05, 0.1) is 5.02 Å². The summed E-state index contributed by atoms with van der Waals surface area (Å²) in [7, 11) is 0. The van der Waals surface area contributed by atoms with Crippen LogP contribution < -0.4 is 5.32 Å². The molecule has 0 bridgehead atoms. The Morgan fingerprint density at radius 3 is 2.62 bits per heavy atom. The first-order valence-electron chi connectivity index (χ1n) is 7.32. The molecule has 0 aliphatic heterocycles. The molecule has 0 amide bonds. The summed E-state index contributed by atoms with van der Waals surface area (Å²) in [6.45, 7) is 5.91. The van der Waals surface area contributed by atoms with Crippen LogP contribution in [-0.2, 0) is 6.42 Å². The summed E-state index contributed by atoms with van der Waals surface area (Å²) in [5.74, 6) is -0.0617. The molecule has 3 heteroatoms. The van der Waals surface area contributed by atoms with Crippen molar-refractivity contribution in [2.24, 2.45) is 0 Å². The number of aryl methyl sites for hydroxylation is 1. The number of hydrogen-bond acceptors (Lipinski definition) is 1. The average Bonchev–Trinajstić information content (AvgIpc) is 2.48. The molecular formula is C18H21ClFN. The molecule has 0 radical (unpaired) electrons. The molecule has 2 aromatic rings. The predicted octanol–water partition coefficient (Wildman–Crippen LogP) is 4.72. The Bertz CT molecular complexity index is 598. The summed E-state index contributed by atoms with van der Waals surface area (Å²) in [6, 6.07) is 13.5. The number of rotatable bonds is 6. The van der Waals surface area contributed by atoms with Gasteiger partial charge in [-0.25, -0.2) is 4.39 Å². The Morgan fingerprint density at radius 2 is 1.90 bits per heavy atom. The number of halogens is 2. The molecule has 0 spiro atoms. The highest BCUT2D eigenvalue weighted by molar-refractivity contribution is 6.30. The summed E-state index contributed by atoms with van der Waals surface area (Å²) in [4.78, 5) is 0. The Balaban J connectivity index is 2.28. The van der Waals surface area contributed by atoms with Gasteiger partial charge in [-0.1, -0.05) is 54.9 Å². The molecule has 1 N–H and O–H groups in total. The summed E-state index contributed by atoms with van der Waals surface area (Å²) < 4.78 is 14.1. The first-order valence-corrected chi connectivity index (χ1v) is 7.70. The van der Waals surface area contributed by atoms with Crippen LogP contribution in [0, 0.1) is 12.7 Å². The third-order valence-electron chi connectivity index (χ3n) is 3.77. The van der Waals surface area contributed by atoms with Crippen molar-refractivity contribution in [1.82, 2.24) is 5.32 Å². The quantitative estimate of drug-likeness (QED) is 0.814. The van der Waals surface area contributed by atoms with Crippen LogP contribution >= 0.6 is 11.6 Å². The molecule has 2 aromatic carbocycles. The van der Waals surface area contributed by atoms with E-state index in [0.29, 0.717) is 12.0 Å². The van der Waals surface area contributed by atoms with Crippen LogP contribution in [0.2, 0.25) is 5.02 Å². The molecule has 21 heavy (non-hydrogen) atoms. The maximum atomic E-state index is 14.1. The lowest BCUT2D eigenvalue weighted by atomic mass is 9.89. The maximum Gasteiger partial charge on any atom is 0.144 e. The summed E-state index contributed by atoms with van der Waals surface area (Å²) in [5.41, 5.74) is 3.18. The Morgan fingerprint density at radius 1 is 1.14 bits per heavy atom. The molecule has 2 rings (SSSR count). The minimum Gasteiger partial charge on any atom is -0.316 e. The molecule has 112 valence electrons. The fourth-order valence-corrected chi connectivity index (χ4v) is 2.82. The van der Waals surface area contributed by atoms with E-state index >= 15 is 0 Å². The largest absolute Gasteiger partial charge is 0.316 e. The van der Waals surface area contributed by atoms with Gasteiger partial charge < -0.3 is 5.32 Å². The molecule has 1 unspecified atom stereocenters. The average molecular weight is 306 g/mol. The zero-order valence-electron chi connectivity index (χ0n) is 12.5. The van der Waals surface area contributed by atoms with Crippen LogP contribution in [0.25, 0.3) is 0 Å². The summed E-state index contributed by atoms with van der Waals surface area (Å²) in [6.07, 6.45) is 0.643. The van der Waals surface area contributed by atoms with Crippen molar-refractivity contribution >= 4 is 11.6 Å². The van der Waals surface area contributed by atoms with E-state index in [4.69, 9.17) is 11.6 Å². The minimum absolute atomic E-state index is 0.194. The molecule has 0 aromatic heterocycles. The van der Waals surface area contributed by atoms with Gasteiger partial charge in [-0.05, 0) is 42.6 Å². The molecule has 0 fully saturated rings. The van der Waals surface area contributed by atoms with Gasteiger partial charge in [-0.3, -0.25) is 0 Å². The van der Waals surface area contributed by atoms with Crippen LogP contribution in [-0.4, -0.2) is 13.1 Å². The van der Waals surface area contributed by atoms with E-state index in [-0.39, 0.29) is 16.8 Å². The van der Waals surface area contributed by atoms with Crippen LogP contribution in [0.15, 0.2) is 42.5 Å². The van der Waals surface area contributed by atoms with Gasteiger partial charge in [0, 0.05) is 12.5 Å². The van der Waals surface area contributed by atoms with Gasteiger partial charge in [0.2, 0.25) is 0 Å². The second-order valence-corrected chi connectivity index (χ2v) is 5.69. The van der Waals surface area contributed by atoms with Gasteiger partial charge >= 0.3 is 0 Å². The van der Waals surface area contributed by atoms with Crippen LogP contribution in [0.1, 0.15) is 29.5 Å². The number of likely N-dealkylation sites (N-methyl/N-ethyl adjacent to an activating group) is 1. The van der Waals surface area contributed by atoms with Gasteiger partial charge in [0.25, 0.3) is 0 Å². The first-order chi connectivity index (χ1) is 10.1. The van der Waals surface area contributed by atoms with Crippen molar-refractivity contribution in [3.8, 4) is 0 Å². The summed E-state index contributed by atoms with van der Waals surface area (Å²) >= 11 is 5.89. The smallest absolute Gasteiger partial charge is 0.144 e. The molecule has 0 saturated heterocycles. The summed E-state index contributed by atoms with van der Waals surface area (Å²) in [5, 5.41) is 3.57. The topological polar surface area (TPSA) is 12.0 Å². The van der Waals surface area contributed by atoms with Crippen molar-refractivity contribution in [1.29, 1.82) is 0 Å². The molecular weight excluding hydrogens is 285 g/mol. The van der Waals surface area contributed by atoms with Crippen molar-refractivity contribution in [2.75, 3.05) is 13.1 Å². The van der Waals surface area contributed by atoms with Crippen LogP contribution in [0.3, 0.4) is 0 Å². The molecule has 0 saturated carbocycles. The molecule has 0 heterocycles. The normalized spacial score (nSPS) is 12.4. The van der Waals surface area contributed by atoms with Gasteiger partial charge in [0.1, 0.15) is 5.82 Å². The Labute approximate surface area is 131 Å². The van der Waals surface area contributed by atoms with Crippen molar-refractivity contribution in [2.45, 2.75) is 26.2 Å². The second kappa shape index (κ2) is 7.58. The second-order valence-electron chi connectivity index (χ2n) is 5.28. The third kappa shape index (κ3) is 4.05. The zero-order chi connectivity index (χ0) is 15.2. The van der Waals surface area contributed by atoms with Crippen molar-refractivity contribution in [3.05, 3.63) is 70.0 Å². The van der Waals surface area contributed by atoms with E-state index in [1.807, 2.05) is 24.3 Å². The van der Waals surface area contributed by atoms with E-state index in [1.54, 1.807) is 6.07 Å². The van der Waals surface area contributed by atoms with Crippen molar-refractivity contribution < 1.29 is 4.39 Å². The van der Waals surface area contributed by atoms with Crippen molar-refractivity contribution in [3.63, 3.8) is 0 Å². The maximum absolute atomic E-state index is 14.1. The van der Waals surface area contributed by atoms with E-state index < -0.39 is 0 Å². The van der Waals surface area contributed by atoms with E-state index in [9.17, 15) is 4.39 Å². The third-order valence-corrected chi connectivity index (χ3v) is 4.06. The fourth-order valence-electron chi connectivity index (χ4n) is 2.63. The number of nitrogens with one attached hydrogen (secondary N) is 1. The molecule has 0 aliphatic rings. The number of benzene rings is 2. The first kappa shape index (κ1) is 16.0. The lowest BCUT2D eigenvalue weighted by Gasteiger charge is -2.20. The van der Waals surface area contributed by atoms with Crippen LogP contribution in [0.5, 0.6) is 0 Å². The lowest BCUT2D eigenvalue weighted by molar-refractivity contribution is 0.561. The molecule has 1 atom stereocenters. The van der Waals surface area contributed by atoms with Crippen LogP contribution in [0.4, 0.5) is 4.39 Å². The highest BCUT2D eigenvalue weighted by Gasteiger charge is 2.17. The van der Waals surface area contributed by atoms with Gasteiger partial charge in [-0.15, -0.1) is 0 Å². The van der Waals surface area contributed by atoms with Gasteiger partial charge in [-0.2, -0.15) is 0 Å². The van der Waals surface area contributed by atoms with E-state index in [0.717, 1.165) is 13.1 Å². The number of hydrogen-bond donors (Lipinski definition) is 1. The minimum atomic E-state index is -0.297. The molecule has 1 nitrogen and oxygen atoms in total. The molecule has 0 aliphatic carbocycles. The van der Waals surface area contributed by atoms with E-state index in [1.165, 1.54) is 11.1 Å². The Kier molecular flexibility index (Phi) is 5.77. The highest BCUT2D eigenvalue weighted by Crippen LogP contribution is 2.27. The Hall–Kier alpha value is -1.38. The van der Waals surface area contributed by atoms with E-state index in [2.05, 4.69) is 31.3 Å². The fraction of sp³-hybridized carbons (Fsp3) is 0.333. The highest BCUT2D eigenvalue weighted by atomic mass is 35.5. The lowest BCUT2D eigenvalue weighted by Crippen LogP contribution is -2.23. The monoisotopic (exact) mass is 305 g/mol. The SMILES string of the molecule is CCNCC(Cc1cccc(Cl)c1F)c1ccccc1C. The zero-order valence-corrected chi connectivity index (χ0v) is 13.3.